The summed E-state index contributed by atoms with van der Waals surface area (Å²) in [4.78, 5) is 11.8. The lowest BCUT2D eigenvalue weighted by Gasteiger charge is -2.27. The first-order valence-corrected chi connectivity index (χ1v) is 7.42. The second kappa shape index (κ2) is 5.35. The van der Waals surface area contributed by atoms with Crippen molar-refractivity contribution in [2.75, 3.05) is 19.4 Å². The molecule has 0 bridgehead atoms. The molecule has 0 rings (SSSR count). The van der Waals surface area contributed by atoms with E-state index in [2.05, 4.69) is 5.32 Å². The van der Waals surface area contributed by atoms with E-state index in [0.29, 0.717) is 13.0 Å². The summed E-state index contributed by atoms with van der Waals surface area (Å²) in [5.41, 5.74) is -0.252. The molecule has 0 fully saturated rings. The first kappa shape index (κ1) is 16.4. The maximum absolute atomic E-state index is 11.8. The molecular formula is C11H23NO4S. The highest BCUT2D eigenvalue weighted by Crippen LogP contribution is 2.20. The van der Waals surface area contributed by atoms with Crippen molar-refractivity contribution in [2.45, 2.75) is 38.9 Å². The van der Waals surface area contributed by atoms with E-state index >= 15 is 0 Å². The van der Waals surface area contributed by atoms with Crippen LogP contribution in [0.3, 0.4) is 0 Å². The lowest BCUT2D eigenvalue weighted by atomic mass is 9.89. The van der Waals surface area contributed by atoms with Crippen molar-refractivity contribution in [1.29, 1.82) is 0 Å². The highest BCUT2D eigenvalue weighted by molar-refractivity contribution is 7.92. The Morgan fingerprint density at radius 1 is 1.24 bits per heavy atom. The molecule has 0 atom stereocenters. The van der Waals surface area contributed by atoms with E-state index < -0.39 is 20.5 Å². The molecule has 0 radical (unpaired) electrons. The molecule has 0 aromatic rings. The highest BCUT2D eigenvalue weighted by atomic mass is 32.2. The van der Waals surface area contributed by atoms with Gasteiger partial charge in [0, 0.05) is 19.4 Å². The van der Waals surface area contributed by atoms with Gasteiger partial charge in [0.05, 0.1) is 0 Å². The molecule has 0 aromatic heterocycles. The van der Waals surface area contributed by atoms with Crippen LogP contribution >= 0.6 is 0 Å². The number of carbonyl (C=O) groups excluding carboxylic acids is 1. The molecular weight excluding hydrogens is 242 g/mol. The maximum Gasteiger partial charge on any atom is 0.240 e. The monoisotopic (exact) mass is 265 g/mol. The number of aliphatic hydroxyl groups excluding tert-OH is 1. The maximum atomic E-state index is 11.8. The molecule has 0 saturated heterocycles. The average molecular weight is 265 g/mol. The van der Waals surface area contributed by atoms with E-state index in [1.54, 1.807) is 0 Å². The fourth-order valence-electron chi connectivity index (χ4n) is 1.09. The first-order valence-electron chi connectivity index (χ1n) is 5.53. The van der Waals surface area contributed by atoms with Crippen LogP contribution in [0, 0.1) is 5.41 Å². The van der Waals surface area contributed by atoms with Crippen molar-refractivity contribution in [3.05, 3.63) is 0 Å². The van der Waals surface area contributed by atoms with Gasteiger partial charge in [0.1, 0.15) is 4.75 Å². The summed E-state index contributed by atoms with van der Waals surface area (Å²) in [5.74, 6) is -0.508. The van der Waals surface area contributed by atoms with Crippen LogP contribution in [0.1, 0.15) is 34.1 Å². The molecule has 0 aliphatic heterocycles. The van der Waals surface area contributed by atoms with Gasteiger partial charge in [-0.05, 0) is 25.7 Å². The fourth-order valence-corrected chi connectivity index (χ4v) is 1.50. The summed E-state index contributed by atoms with van der Waals surface area (Å²) < 4.78 is 21.5. The second-order valence-electron chi connectivity index (χ2n) is 5.60. The van der Waals surface area contributed by atoms with E-state index in [9.17, 15) is 13.2 Å². The van der Waals surface area contributed by atoms with E-state index in [0.717, 1.165) is 6.26 Å². The summed E-state index contributed by atoms with van der Waals surface area (Å²) in [6.45, 7) is 6.95. The van der Waals surface area contributed by atoms with Crippen molar-refractivity contribution in [2.24, 2.45) is 5.41 Å². The van der Waals surface area contributed by atoms with Crippen molar-refractivity contribution >= 4 is 15.7 Å². The van der Waals surface area contributed by atoms with E-state index in [-0.39, 0.29) is 12.0 Å². The van der Waals surface area contributed by atoms with Gasteiger partial charge in [-0.25, -0.2) is 8.42 Å². The second-order valence-corrected chi connectivity index (χ2v) is 8.17. The number of hydrogen-bond acceptors (Lipinski definition) is 4. The number of nitrogens with one attached hydrogen (secondary N) is 1. The molecule has 5 nitrogen and oxygen atoms in total. The predicted molar refractivity (Wildman–Crippen MR) is 67.4 cm³/mol. The van der Waals surface area contributed by atoms with Crippen LogP contribution in [0.4, 0.5) is 0 Å². The third-order valence-corrected chi connectivity index (χ3v) is 5.03. The normalized spacial score (nSPS) is 13.5. The number of hydrogen-bond donors (Lipinski definition) is 2. The van der Waals surface area contributed by atoms with Gasteiger partial charge < -0.3 is 10.4 Å². The van der Waals surface area contributed by atoms with Gasteiger partial charge in [-0.2, -0.15) is 0 Å². The van der Waals surface area contributed by atoms with Gasteiger partial charge in [-0.15, -0.1) is 0 Å². The Kier molecular flexibility index (Phi) is 5.16. The molecule has 1 amide bonds. The topological polar surface area (TPSA) is 83.5 Å². The van der Waals surface area contributed by atoms with E-state index in [1.165, 1.54) is 13.8 Å². The molecule has 0 aliphatic rings. The third kappa shape index (κ3) is 4.63. The Morgan fingerprint density at radius 3 is 2.06 bits per heavy atom. The Labute approximate surface area is 104 Å². The number of aliphatic hydroxyl groups is 1. The van der Waals surface area contributed by atoms with E-state index in [1.807, 2.05) is 13.8 Å². The van der Waals surface area contributed by atoms with Crippen LogP contribution < -0.4 is 5.32 Å². The summed E-state index contributed by atoms with van der Waals surface area (Å²) >= 11 is 0. The Hall–Kier alpha value is -0.620. The molecule has 17 heavy (non-hydrogen) atoms. The summed E-state index contributed by atoms with van der Waals surface area (Å²) in [7, 11) is -3.44. The molecule has 2 N–H and O–H groups in total. The Bertz CT molecular complexity index is 371. The lowest BCUT2D eigenvalue weighted by Crippen LogP contribution is -2.49. The molecule has 0 spiro atoms. The van der Waals surface area contributed by atoms with Crippen molar-refractivity contribution in [1.82, 2.24) is 5.32 Å². The third-order valence-electron chi connectivity index (χ3n) is 2.99. The fraction of sp³-hybridized carbons (Fsp3) is 0.909. The zero-order chi connectivity index (χ0) is 13.9. The number of rotatable bonds is 6. The summed E-state index contributed by atoms with van der Waals surface area (Å²) in [5, 5.41) is 11.5. The largest absolute Gasteiger partial charge is 0.396 e. The summed E-state index contributed by atoms with van der Waals surface area (Å²) in [6, 6.07) is 0. The lowest BCUT2D eigenvalue weighted by molar-refractivity contribution is -0.123. The molecule has 0 saturated carbocycles. The van der Waals surface area contributed by atoms with Crippen LogP contribution in [0.15, 0.2) is 0 Å². The van der Waals surface area contributed by atoms with Gasteiger partial charge in [-0.1, -0.05) is 13.8 Å². The zero-order valence-corrected chi connectivity index (χ0v) is 12.0. The number of amides is 1. The number of carbonyl (C=O) groups is 1. The predicted octanol–water partition coefficient (Wildman–Crippen LogP) is 0.334. The molecule has 0 aliphatic carbocycles. The van der Waals surface area contributed by atoms with Crippen molar-refractivity contribution in [3.8, 4) is 0 Å². The van der Waals surface area contributed by atoms with Crippen LogP contribution in [0.2, 0.25) is 0 Å². The van der Waals surface area contributed by atoms with Gasteiger partial charge >= 0.3 is 0 Å². The molecule has 102 valence electrons. The zero-order valence-electron chi connectivity index (χ0n) is 11.2. The van der Waals surface area contributed by atoms with Crippen LogP contribution in [-0.2, 0) is 14.6 Å². The Morgan fingerprint density at radius 2 is 1.71 bits per heavy atom. The number of sulfone groups is 1. The minimum Gasteiger partial charge on any atom is -0.396 e. The summed E-state index contributed by atoms with van der Waals surface area (Å²) in [6.07, 6.45) is 1.60. The van der Waals surface area contributed by atoms with Gasteiger partial charge in [-0.3, -0.25) is 4.79 Å². The van der Waals surface area contributed by atoms with Crippen molar-refractivity contribution in [3.63, 3.8) is 0 Å². The van der Waals surface area contributed by atoms with Crippen molar-refractivity contribution < 1.29 is 18.3 Å². The first-order chi connectivity index (χ1) is 7.44. The minimum atomic E-state index is -3.44. The van der Waals surface area contributed by atoms with Crippen LogP contribution in [-0.4, -0.2) is 43.6 Å². The smallest absolute Gasteiger partial charge is 0.240 e. The highest BCUT2D eigenvalue weighted by Gasteiger charge is 2.38. The average Bonchev–Trinajstić information content (AvgIpc) is 2.12. The van der Waals surface area contributed by atoms with Gasteiger partial charge in [0.15, 0.2) is 9.84 Å². The molecule has 0 aromatic carbocycles. The van der Waals surface area contributed by atoms with Gasteiger partial charge in [0.2, 0.25) is 5.91 Å². The molecule has 0 heterocycles. The minimum absolute atomic E-state index is 0.0400. The van der Waals surface area contributed by atoms with Crippen LogP contribution in [0.25, 0.3) is 0 Å². The molecule has 0 unspecified atom stereocenters. The Balaban J connectivity index is 4.59. The standard InChI is InChI=1S/C11H23NO4S/c1-10(2,6-7-13)8-12-9(14)11(3,4)17(5,15)16/h13H,6-8H2,1-5H3,(H,12,14). The quantitative estimate of drug-likeness (QED) is 0.725. The SMILES string of the molecule is CC(C)(CCO)CNC(=O)C(C)(C)S(C)(=O)=O. The van der Waals surface area contributed by atoms with E-state index in [4.69, 9.17) is 5.11 Å². The van der Waals surface area contributed by atoms with Gasteiger partial charge in [0.25, 0.3) is 0 Å². The van der Waals surface area contributed by atoms with Crippen LogP contribution in [0.5, 0.6) is 0 Å². The molecule has 6 heteroatoms.